The first kappa shape index (κ1) is 35.4. The summed E-state index contributed by atoms with van der Waals surface area (Å²) in [5.74, 6) is -2.53. The van der Waals surface area contributed by atoms with Crippen molar-refractivity contribution >= 4 is 24.1 Å². The highest BCUT2D eigenvalue weighted by atomic mass is 16.6. The van der Waals surface area contributed by atoms with E-state index in [0.29, 0.717) is 11.8 Å². The second-order valence-electron chi connectivity index (χ2n) is 11.6. The predicted molar refractivity (Wildman–Crippen MR) is 144 cm³/mol. The molecule has 0 aromatic rings. The molecule has 0 aliphatic carbocycles. The van der Waals surface area contributed by atoms with E-state index in [9.17, 15) is 9.59 Å². The first-order valence-electron chi connectivity index (χ1n) is 13.2. The van der Waals surface area contributed by atoms with Crippen molar-refractivity contribution in [1.82, 2.24) is 20.4 Å². The average Bonchev–Trinajstić information content (AvgIpc) is 2.78. The smallest absolute Gasteiger partial charge is 0.414 e. The molecule has 2 aliphatic rings. The Balaban J connectivity index is 0.000000596. The number of likely N-dealkylation sites (tertiary alicyclic amines) is 2. The minimum Gasteiger partial charge on any atom is -0.473 e. The second kappa shape index (κ2) is 17.1. The quantitative estimate of drug-likeness (QED) is 0.386. The Morgan fingerprint density at radius 3 is 1.26 bits per heavy atom. The van der Waals surface area contributed by atoms with Gasteiger partial charge in [0.05, 0.1) is 0 Å². The molecule has 12 nitrogen and oxygen atoms in total. The molecule has 38 heavy (non-hydrogen) atoms. The molecule has 0 aromatic heterocycles. The molecule has 0 aromatic carbocycles. The monoisotopic (exact) mass is 546 g/mol. The van der Waals surface area contributed by atoms with E-state index in [1.54, 1.807) is 0 Å². The van der Waals surface area contributed by atoms with Crippen molar-refractivity contribution in [2.75, 3.05) is 53.4 Å². The van der Waals surface area contributed by atoms with Crippen LogP contribution in [0.4, 0.5) is 9.59 Å². The summed E-state index contributed by atoms with van der Waals surface area (Å²) in [6.45, 7) is 16.6. The number of nitrogens with zero attached hydrogens (tertiary/aromatic N) is 2. The summed E-state index contributed by atoms with van der Waals surface area (Å²) >= 11 is 0. The number of hydrogen-bond acceptors (Lipinski definition) is 8. The van der Waals surface area contributed by atoms with Gasteiger partial charge in [0.15, 0.2) is 0 Å². The van der Waals surface area contributed by atoms with Crippen LogP contribution in [-0.4, -0.2) is 109 Å². The Hall–Kier alpha value is -2.60. The number of amides is 2. The van der Waals surface area contributed by atoms with Crippen LogP contribution in [0.5, 0.6) is 0 Å². The number of carboxylic acids is 2. The first-order valence-corrected chi connectivity index (χ1v) is 13.2. The van der Waals surface area contributed by atoms with E-state index in [0.717, 1.165) is 52.1 Å². The van der Waals surface area contributed by atoms with Gasteiger partial charge in [-0.15, -0.1) is 0 Å². The molecule has 12 heteroatoms. The molecule has 0 saturated carbocycles. The highest BCUT2D eigenvalue weighted by Crippen LogP contribution is 2.19. The second-order valence-corrected chi connectivity index (χ2v) is 11.6. The number of carbonyl (C=O) groups is 4. The minimum absolute atomic E-state index is 0.173. The van der Waals surface area contributed by atoms with E-state index < -0.39 is 23.1 Å². The van der Waals surface area contributed by atoms with E-state index in [4.69, 9.17) is 29.3 Å². The van der Waals surface area contributed by atoms with Crippen LogP contribution in [0.2, 0.25) is 0 Å². The highest BCUT2D eigenvalue weighted by Gasteiger charge is 2.28. The van der Waals surface area contributed by atoms with E-state index in [2.05, 4.69) is 10.6 Å². The molecule has 0 spiro atoms. The standard InChI is InChI=1S/2C12H24N2O2.C2H2O4/c2*1-12(2,3)16-11(15)14-7-5-6-10(9-14)8-13-4;3-1(4)2(5)6/h2*10,13H,5-9H2,1-4H3;(H,3,4)(H,5,6). The predicted octanol–water partition coefficient (Wildman–Crippen LogP) is 2.86. The van der Waals surface area contributed by atoms with Crippen LogP contribution >= 0.6 is 0 Å². The van der Waals surface area contributed by atoms with Gasteiger partial charge in [0.2, 0.25) is 0 Å². The molecule has 2 amide bonds. The largest absolute Gasteiger partial charge is 0.473 e. The number of carboxylic acid groups (broad SMARTS) is 2. The zero-order valence-corrected chi connectivity index (χ0v) is 24.5. The van der Waals surface area contributed by atoms with Crippen LogP contribution in [0, 0.1) is 11.8 Å². The number of ether oxygens (including phenoxy) is 2. The van der Waals surface area contributed by atoms with E-state index >= 15 is 0 Å². The summed E-state index contributed by atoms with van der Waals surface area (Å²) in [4.78, 5) is 45.6. The molecule has 222 valence electrons. The molecule has 0 bridgehead atoms. The van der Waals surface area contributed by atoms with Crippen molar-refractivity contribution in [1.29, 1.82) is 0 Å². The van der Waals surface area contributed by atoms with Crippen molar-refractivity contribution in [2.24, 2.45) is 11.8 Å². The summed E-state index contributed by atoms with van der Waals surface area (Å²) in [5.41, 5.74) is -0.792. The Morgan fingerprint density at radius 1 is 0.711 bits per heavy atom. The summed E-state index contributed by atoms with van der Waals surface area (Å²) in [6, 6.07) is 0. The van der Waals surface area contributed by atoms with Gasteiger partial charge in [-0.2, -0.15) is 0 Å². The van der Waals surface area contributed by atoms with Gasteiger partial charge in [0.1, 0.15) is 11.2 Å². The fourth-order valence-corrected chi connectivity index (χ4v) is 4.03. The first-order chi connectivity index (χ1) is 17.5. The molecule has 2 unspecified atom stereocenters. The molecule has 2 fully saturated rings. The lowest BCUT2D eigenvalue weighted by molar-refractivity contribution is -0.159. The minimum atomic E-state index is -1.82. The van der Waals surface area contributed by atoms with Crippen molar-refractivity contribution < 1.29 is 38.9 Å². The third kappa shape index (κ3) is 17.0. The summed E-state index contributed by atoms with van der Waals surface area (Å²) in [5, 5.41) is 21.1. The Labute approximate surface area is 227 Å². The molecule has 4 N–H and O–H groups in total. The number of piperidine rings is 2. The fourth-order valence-electron chi connectivity index (χ4n) is 4.03. The summed E-state index contributed by atoms with van der Waals surface area (Å²) in [7, 11) is 3.90. The average molecular weight is 547 g/mol. The maximum atomic E-state index is 11.8. The van der Waals surface area contributed by atoms with Crippen LogP contribution in [0.25, 0.3) is 0 Å². The molecular formula is C26H50N4O8. The van der Waals surface area contributed by atoms with Crippen LogP contribution < -0.4 is 10.6 Å². The summed E-state index contributed by atoms with van der Waals surface area (Å²) in [6.07, 6.45) is 4.19. The van der Waals surface area contributed by atoms with Crippen molar-refractivity contribution in [3.8, 4) is 0 Å². The zero-order chi connectivity index (χ0) is 29.5. The third-order valence-electron chi connectivity index (χ3n) is 5.51. The molecule has 2 aliphatic heterocycles. The van der Waals surface area contributed by atoms with Gasteiger partial charge in [-0.05, 0) is 106 Å². The molecule has 0 radical (unpaired) electrons. The molecule has 2 atom stereocenters. The van der Waals surface area contributed by atoms with Crippen LogP contribution in [0.1, 0.15) is 67.2 Å². The lowest BCUT2D eigenvalue weighted by Crippen LogP contribution is -2.44. The SMILES string of the molecule is CNCC1CCCN(C(=O)OC(C)(C)C)C1.CNCC1CCCN(C(=O)OC(C)(C)C)C1.O=C(O)C(=O)O. The van der Waals surface area contributed by atoms with E-state index in [-0.39, 0.29) is 12.2 Å². The topological polar surface area (TPSA) is 158 Å². The van der Waals surface area contributed by atoms with Gasteiger partial charge >= 0.3 is 24.1 Å². The Kier molecular flexibility index (Phi) is 15.9. The Morgan fingerprint density at radius 2 is 1.03 bits per heavy atom. The maximum Gasteiger partial charge on any atom is 0.414 e. The van der Waals surface area contributed by atoms with Gasteiger partial charge in [-0.1, -0.05) is 0 Å². The van der Waals surface area contributed by atoms with Gasteiger partial charge < -0.3 is 40.1 Å². The van der Waals surface area contributed by atoms with Gasteiger partial charge in [0, 0.05) is 26.2 Å². The van der Waals surface area contributed by atoms with Gasteiger partial charge in [-0.25, -0.2) is 19.2 Å². The molecule has 2 heterocycles. The van der Waals surface area contributed by atoms with E-state index in [1.165, 1.54) is 12.8 Å². The van der Waals surface area contributed by atoms with Crippen LogP contribution in [0.3, 0.4) is 0 Å². The van der Waals surface area contributed by atoms with Crippen molar-refractivity contribution in [2.45, 2.75) is 78.4 Å². The number of hydrogen-bond donors (Lipinski definition) is 4. The van der Waals surface area contributed by atoms with E-state index in [1.807, 2.05) is 65.4 Å². The van der Waals surface area contributed by atoms with Gasteiger partial charge in [0.25, 0.3) is 0 Å². The zero-order valence-electron chi connectivity index (χ0n) is 24.5. The number of nitrogens with one attached hydrogen (secondary N) is 2. The van der Waals surface area contributed by atoms with Gasteiger partial charge in [-0.3, -0.25) is 0 Å². The normalized spacial score (nSPS) is 19.7. The summed E-state index contributed by atoms with van der Waals surface area (Å²) < 4.78 is 10.7. The van der Waals surface area contributed by atoms with Crippen LogP contribution in [0.15, 0.2) is 0 Å². The van der Waals surface area contributed by atoms with Crippen molar-refractivity contribution in [3.63, 3.8) is 0 Å². The number of aliphatic carboxylic acids is 2. The highest BCUT2D eigenvalue weighted by molar-refractivity contribution is 6.27. The number of rotatable bonds is 4. The molecule has 2 rings (SSSR count). The Bertz CT molecular complexity index is 683. The fraction of sp³-hybridized carbons (Fsp3) is 0.846. The maximum absolute atomic E-state index is 11.8. The third-order valence-corrected chi connectivity index (χ3v) is 5.51. The lowest BCUT2D eigenvalue weighted by Gasteiger charge is -2.34. The molecule has 2 saturated heterocycles. The van der Waals surface area contributed by atoms with Crippen molar-refractivity contribution in [3.05, 3.63) is 0 Å². The lowest BCUT2D eigenvalue weighted by atomic mass is 9.98. The van der Waals surface area contributed by atoms with Crippen LogP contribution in [-0.2, 0) is 19.1 Å². The number of carbonyl (C=O) groups excluding carboxylic acids is 2. The molecular weight excluding hydrogens is 496 g/mol.